The van der Waals surface area contributed by atoms with Gasteiger partial charge in [0.05, 0.1) is 14.2 Å². The third-order valence-corrected chi connectivity index (χ3v) is 2.76. The molecule has 0 spiro atoms. The molecule has 1 aromatic carbocycles. The number of esters is 2. The maximum atomic E-state index is 11.8. The highest BCUT2D eigenvalue weighted by atomic mass is 16.5. The van der Waals surface area contributed by atoms with Gasteiger partial charge in [-0.05, 0) is 25.1 Å². The minimum absolute atomic E-state index is 0.226. The second kappa shape index (κ2) is 6.74. The Kier molecular flexibility index (Phi) is 5.29. The molecule has 0 unspecified atom stereocenters. The summed E-state index contributed by atoms with van der Waals surface area (Å²) in [5.74, 6) is -1.78. The number of methoxy groups -OCH3 is 2. The molecule has 0 aromatic heterocycles. The number of ether oxygens (including phenoxy) is 2. The number of hydrogen-bond donors (Lipinski definition) is 2. The molecule has 0 fully saturated rings. The first-order valence-electron chi connectivity index (χ1n) is 6.16. The number of nitrogens with one attached hydrogen (secondary N) is 2. The third-order valence-electron chi connectivity index (χ3n) is 2.76. The topological polar surface area (TPSA) is 93.7 Å². The number of amides is 1. The molecule has 21 heavy (non-hydrogen) atoms. The summed E-state index contributed by atoms with van der Waals surface area (Å²) in [4.78, 5) is 34.7. The fourth-order valence-corrected chi connectivity index (χ4v) is 1.76. The first-order chi connectivity index (χ1) is 9.83. The molecule has 1 amide bonds. The fourth-order valence-electron chi connectivity index (χ4n) is 1.76. The van der Waals surface area contributed by atoms with Gasteiger partial charge in [-0.15, -0.1) is 0 Å². The van der Waals surface area contributed by atoms with Crippen LogP contribution in [0.3, 0.4) is 0 Å². The Labute approximate surface area is 122 Å². The Bertz CT molecular complexity index is 540. The molecule has 7 nitrogen and oxygen atoms in total. The third kappa shape index (κ3) is 3.95. The van der Waals surface area contributed by atoms with Gasteiger partial charge >= 0.3 is 11.9 Å². The quantitative estimate of drug-likeness (QED) is 0.625. The van der Waals surface area contributed by atoms with Crippen LogP contribution in [0.15, 0.2) is 24.3 Å². The van der Waals surface area contributed by atoms with E-state index in [1.165, 1.54) is 28.1 Å². The first kappa shape index (κ1) is 16.5. The Morgan fingerprint density at radius 2 is 1.57 bits per heavy atom. The molecular weight excluding hydrogens is 276 g/mol. The van der Waals surface area contributed by atoms with E-state index in [1.807, 2.05) is 0 Å². The lowest BCUT2D eigenvalue weighted by atomic mass is 10.0. The van der Waals surface area contributed by atoms with Gasteiger partial charge in [0, 0.05) is 18.3 Å². The van der Waals surface area contributed by atoms with Crippen molar-refractivity contribution in [3.63, 3.8) is 0 Å². The van der Waals surface area contributed by atoms with Gasteiger partial charge in [-0.3, -0.25) is 4.79 Å². The van der Waals surface area contributed by atoms with Crippen LogP contribution in [0, 0.1) is 0 Å². The van der Waals surface area contributed by atoms with Gasteiger partial charge in [0.15, 0.2) is 0 Å². The fraction of sp³-hybridized carbons (Fsp3) is 0.357. The van der Waals surface area contributed by atoms with E-state index in [4.69, 9.17) is 0 Å². The van der Waals surface area contributed by atoms with Crippen molar-refractivity contribution in [1.29, 1.82) is 0 Å². The van der Waals surface area contributed by atoms with Crippen LogP contribution in [-0.2, 0) is 23.9 Å². The Morgan fingerprint density at radius 3 is 2.05 bits per heavy atom. The average Bonchev–Trinajstić information content (AvgIpc) is 2.44. The summed E-state index contributed by atoms with van der Waals surface area (Å²) in [6.07, 6.45) is 0. The van der Waals surface area contributed by atoms with Crippen LogP contribution in [0.5, 0.6) is 0 Å². The molecule has 0 aliphatic heterocycles. The lowest BCUT2D eigenvalue weighted by Crippen LogP contribution is -2.52. The summed E-state index contributed by atoms with van der Waals surface area (Å²) in [5, 5.41) is 5.38. The van der Waals surface area contributed by atoms with Gasteiger partial charge < -0.3 is 20.1 Å². The standard InChI is InChI=1S/C14H18N2O5/c1-9(17)15-10-6-5-7-11(8-10)16-14(2,12(18)20-3)13(19)21-4/h5-8,16H,1-4H3,(H,15,17). The van der Waals surface area contributed by atoms with Crippen LogP contribution in [0.4, 0.5) is 11.4 Å². The van der Waals surface area contributed by atoms with Crippen molar-refractivity contribution < 1.29 is 23.9 Å². The van der Waals surface area contributed by atoms with Gasteiger partial charge in [-0.2, -0.15) is 0 Å². The molecule has 0 aliphatic rings. The maximum absolute atomic E-state index is 11.8. The molecule has 0 saturated carbocycles. The lowest BCUT2D eigenvalue weighted by Gasteiger charge is -2.26. The molecule has 0 atom stereocenters. The van der Waals surface area contributed by atoms with Crippen molar-refractivity contribution in [3.8, 4) is 0 Å². The smallest absolute Gasteiger partial charge is 0.343 e. The number of rotatable bonds is 5. The molecular formula is C14H18N2O5. The zero-order chi connectivity index (χ0) is 16.0. The molecule has 1 aromatic rings. The number of benzene rings is 1. The van der Waals surface area contributed by atoms with Crippen LogP contribution in [0.1, 0.15) is 13.8 Å². The summed E-state index contributed by atoms with van der Waals surface area (Å²) in [7, 11) is 2.36. The van der Waals surface area contributed by atoms with E-state index in [9.17, 15) is 14.4 Å². The van der Waals surface area contributed by atoms with Crippen LogP contribution in [0.25, 0.3) is 0 Å². The predicted octanol–water partition coefficient (Wildman–Crippen LogP) is 1.16. The van der Waals surface area contributed by atoms with E-state index in [1.54, 1.807) is 24.3 Å². The molecule has 0 radical (unpaired) electrons. The molecule has 0 saturated heterocycles. The van der Waals surface area contributed by atoms with Crippen LogP contribution in [0.2, 0.25) is 0 Å². The SMILES string of the molecule is COC(=O)C(C)(Nc1cccc(NC(C)=O)c1)C(=O)OC. The number of carbonyl (C=O) groups excluding carboxylic acids is 3. The highest BCUT2D eigenvalue weighted by Crippen LogP contribution is 2.21. The normalized spacial score (nSPS) is 10.5. The van der Waals surface area contributed by atoms with Gasteiger partial charge in [-0.1, -0.05) is 6.07 Å². The number of hydrogen-bond acceptors (Lipinski definition) is 6. The highest BCUT2D eigenvalue weighted by molar-refractivity contribution is 6.07. The lowest BCUT2D eigenvalue weighted by molar-refractivity contribution is -0.158. The first-order valence-corrected chi connectivity index (χ1v) is 6.16. The summed E-state index contributed by atoms with van der Waals surface area (Å²) >= 11 is 0. The second-order valence-electron chi connectivity index (χ2n) is 4.50. The van der Waals surface area contributed by atoms with Crippen LogP contribution < -0.4 is 10.6 Å². The maximum Gasteiger partial charge on any atom is 0.343 e. The summed E-state index contributed by atoms with van der Waals surface area (Å²) in [5.41, 5.74) is -0.692. The summed E-state index contributed by atoms with van der Waals surface area (Å²) < 4.78 is 9.27. The van der Waals surface area contributed by atoms with E-state index in [-0.39, 0.29) is 5.91 Å². The van der Waals surface area contributed by atoms with Gasteiger partial charge in [0.25, 0.3) is 0 Å². The van der Waals surface area contributed by atoms with Crippen molar-refractivity contribution >= 4 is 29.2 Å². The highest BCUT2D eigenvalue weighted by Gasteiger charge is 2.44. The predicted molar refractivity (Wildman–Crippen MR) is 76.8 cm³/mol. The Balaban J connectivity index is 3.07. The van der Waals surface area contributed by atoms with Gasteiger partial charge in [-0.25, -0.2) is 9.59 Å². The minimum Gasteiger partial charge on any atom is -0.467 e. The molecule has 0 bridgehead atoms. The molecule has 1 rings (SSSR count). The minimum atomic E-state index is -1.68. The largest absolute Gasteiger partial charge is 0.467 e. The van der Waals surface area contributed by atoms with Gasteiger partial charge in [0.1, 0.15) is 0 Å². The van der Waals surface area contributed by atoms with Crippen molar-refractivity contribution in [3.05, 3.63) is 24.3 Å². The van der Waals surface area contributed by atoms with E-state index in [2.05, 4.69) is 20.1 Å². The average molecular weight is 294 g/mol. The zero-order valence-electron chi connectivity index (χ0n) is 12.4. The second-order valence-corrected chi connectivity index (χ2v) is 4.50. The van der Waals surface area contributed by atoms with E-state index < -0.39 is 17.5 Å². The van der Waals surface area contributed by atoms with Crippen molar-refractivity contribution in [2.75, 3.05) is 24.9 Å². The summed E-state index contributed by atoms with van der Waals surface area (Å²) in [6, 6.07) is 6.59. The van der Waals surface area contributed by atoms with E-state index >= 15 is 0 Å². The zero-order valence-corrected chi connectivity index (χ0v) is 12.4. The Hall–Kier alpha value is -2.57. The number of carbonyl (C=O) groups is 3. The summed E-state index contributed by atoms with van der Waals surface area (Å²) in [6.45, 7) is 2.74. The molecule has 7 heteroatoms. The van der Waals surface area contributed by atoms with E-state index in [0.29, 0.717) is 11.4 Å². The van der Waals surface area contributed by atoms with Gasteiger partial charge in [0.2, 0.25) is 11.4 Å². The van der Waals surface area contributed by atoms with Crippen molar-refractivity contribution in [2.45, 2.75) is 19.4 Å². The van der Waals surface area contributed by atoms with Crippen LogP contribution in [-0.4, -0.2) is 37.6 Å². The molecule has 2 N–H and O–H groups in total. The Morgan fingerprint density at radius 1 is 1.05 bits per heavy atom. The molecule has 0 aliphatic carbocycles. The molecule has 0 heterocycles. The monoisotopic (exact) mass is 294 g/mol. The van der Waals surface area contributed by atoms with Crippen LogP contribution >= 0.6 is 0 Å². The number of anilines is 2. The van der Waals surface area contributed by atoms with Crippen molar-refractivity contribution in [2.24, 2.45) is 0 Å². The van der Waals surface area contributed by atoms with E-state index in [0.717, 1.165) is 0 Å². The molecule has 114 valence electrons. The van der Waals surface area contributed by atoms with Crippen molar-refractivity contribution in [1.82, 2.24) is 0 Å².